The van der Waals surface area contributed by atoms with Crippen molar-refractivity contribution in [2.45, 2.75) is 51.1 Å². The number of benzene rings is 1. The third-order valence-corrected chi connectivity index (χ3v) is 5.49. The third-order valence-electron chi connectivity index (χ3n) is 5.25. The molecule has 110 valence electrons. The van der Waals surface area contributed by atoms with E-state index in [9.17, 15) is 0 Å². The van der Waals surface area contributed by atoms with Crippen LogP contribution in [0.4, 0.5) is 0 Å². The summed E-state index contributed by atoms with van der Waals surface area (Å²) < 4.78 is 0. The third kappa shape index (κ3) is 2.61. The fourth-order valence-corrected chi connectivity index (χ4v) is 4.56. The summed E-state index contributed by atoms with van der Waals surface area (Å²) in [5.74, 6) is 0.908. The second-order valence-corrected chi connectivity index (χ2v) is 6.83. The smallest absolute Gasteiger partial charge is 0.0476 e. The van der Waals surface area contributed by atoms with Gasteiger partial charge in [0.2, 0.25) is 0 Å². The fraction of sp³-hybridized carbons (Fsp3) is 0.647. The van der Waals surface area contributed by atoms with Gasteiger partial charge in [-0.2, -0.15) is 0 Å². The minimum Gasteiger partial charge on any atom is -0.329 e. The lowest BCUT2D eigenvalue weighted by Gasteiger charge is -2.43. The van der Waals surface area contributed by atoms with E-state index < -0.39 is 0 Å². The molecule has 1 aromatic rings. The zero-order valence-corrected chi connectivity index (χ0v) is 13.1. The van der Waals surface area contributed by atoms with Crippen LogP contribution in [-0.2, 0) is 0 Å². The van der Waals surface area contributed by atoms with Crippen molar-refractivity contribution >= 4 is 11.6 Å². The van der Waals surface area contributed by atoms with Gasteiger partial charge in [0.05, 0.1) is 0 Å². The molecular weight excluding hydrogens is 268 g/mol. The van der Waals surface area contributed by atoms with Crippen molar-refractivity contribution in [3.8, 4) is 0 Å². The normalized spacial score (nSPS) is 28.4. The minimum absolute atomic E-state index is 0.359. The summed E-state index contributed by atoms with van der Waals surface area (Å²) in [7, 11) is 0. The molecule has 1 aromatic carbocycles. The molecule has 0 amide bonds. The molecule has 3 rings (SSSR count). The molecule has 0 spiro atoms. The second kappa shape index (κ2) is 6.05. The van der Waals surface area contributed by atoms with E-state index in [4.69, 9.17) is 17.3 Å². The van der Waals surface area contributed by atoms with Crippen LogP contribution < -0.4 is 5.73 Å². The molecular formula is C17H25ClN2. The number of aryl methyl sites for hydroxylation is 1. The van der Waals surface area contributed by atoms with Crippen LogP contribution in [0.2, 0.25) is 5.02 Å². The quantitative estimate of drug-likeness (QED) is 0.915. The SMILES string of the molecule is Cc1cc(Cl)ccc1C(CN)N1CCCC2CCCC21. The Labute approximate surface area is 127 Å². The Hall–Kier alpha value is -0.570. The van der Waals surface area contributed by atoms with Crippen molar-refractivity contribution in [3.63, 3.8) is 0 Å². The molecule has 3 heteroatoms. The number of likely N-dealkylation sites (tertiary alicyclic amines) is 1. The maximum absolute atomic E-state index is 6.15. The first-order valence-corrected chi connectivity index (χ1v) is 8.30. The minimum atomic E-state index is 0.359. The lowest BCUT2D eigenvalue weighted by atomic mass is 9.88. The Morgan fingerprint density at radius 3 is 2.85 bits per heavy atom. The molecule has 20 heavy (non-hydrogen) atoms. The molecule has 0 aromatic heterocycles. The Morgan fingerprint density at radius 1 is 1.30 bits per heavy atom. The first kappa shape index (κ1) is 14.4. The highest BCUT2D eigenvalue weighted by Crippen LogP contribution is 2.41. The standard InChI is InChI=1S/C17H25ClN2/c1-12-10-14(18)7-8-15(12)17(11-19)20-9-3-5-13-4-2-6-16(13)20/h7-8,10,13,16-17H,2-6,9,11,19H2,1H3. The van der Waals surface area contributed by atoms with Crippen LogP contribution in [0.3, 0.4) is 0 Å². The molecule has 2 aliphatic rings. The summed E-state index contributed by atoms with van der Waals surface area (Å²) in [4.78, 5) is 2.69. The van der Waals surface area contributed by atoms with Crippen molar-refractivity contribution in [3.05, 3.63) is 34.3 Å². The highest BCUT2D eigenvalue weighted by Gasteiger charge is 2.38. The van der Waals surface area contributed by atoms with Crippen LogP contribution in [-0.4, -0.2) is 24.0 Å². The van der Waals surface area contributed by atoms with E-state index in [2.05, 4.69) is 24.0 Å². The van der Waals surface area contributed by atoms with Gasteiger partial charge in [0.15, 0.2) is 0 Å². The molecule has 1 aliphatic carbocycles. The van der Waals surface area contributed by atoms with Crippen LogP contribution in [0, 0.1) is 12.8 Å². The summed E-state index contributed by atoms with van der Waals surface area (Å²) in [5.41, 5.74) is 8.79. The number of hydrogen-bond donors (Lipinski definition) is 1. The van der Waals surface area contributed by atoms with E-state index in [-0.39, 0.29) is 0 Å². The Balaban J connectivity index is 1.88. The molecule has 0 bridgehead atoms. The van der Waals surface area contributed by atoms with Crippen molar-refractivity contribution in [2.24, 2.45) is 11.7 Å². The summed E-state index contributed by atoms with van der Waals surface area (Å²) in [6.07, 6.45) is 6.90. The van der Waals surface area contributed by atoms with Crippen LogP contribution in [0.25, 0.3) is 0 Å². The van der Waals surface area contributed by atoms with Crippen LogP contribution in [0.5, 0.6) is 0 Å². The summed E-state index contributed by atoms with van der Waals surface area (Å²) in [5, 5.41) is 0.819. The van der Waals surface area contributed by atoms with Crippen LogP contribution in [0.15, 0.2) is 18.2 Å². The molecule has 2 fully saturated rings. The van der Waals surface area contributed by atoms with Crippen LogP contribution >= 0.6 is 11.6 Å². The van der Waals surface area contributed by atoms with Crippen LogP contribution in [0.1, 0.15) is 49.3 Å². The van der Waals surface area contributed by atoms with E-state index >= 15 is 0 Å². The predicted molar refractivity (Wildman–Crippen MR) is 85.1 cm³/mol. The molecule has 1 aliphatic heterocycles. The first-order valence-electron chi connectivity index (χ1n) is 7.92. The highest BCUT2D eigenvalue weighted by atomic mass is 35.5. The van der Waals surface area contributed by atoms with Crippen molar-refractivity contribution in [1.82, 2.24) is 4.90 Å². The number of nitrogens with two attached hydrogens (primary N) is 1. The van der Waals surface area contributed by atoms with E-state index in [0.717, 1.165) is 17.0 Å². The highest BCUT2D eigenvalue weighted by molar-refractivity contribution is 6.30. The molecule has 0 radical (unpaired) electrons. The topological polar surface area (TPSA) is 29.3 Å². The average Bonchev–Trinajstić information content (AvgIpc) is 2.91. The number of piperidine rings is 1. The monoisotopic (exact) mass is 292 g/mol. The van der Waals surface area contributed by atoms with Crippen molar-refractivity contribution < 1.29 is 0 Å². The number of rotatable bonds is 3. The largest absolute Gasteiger partial charge is 0.329 e. The van der Waals surface area contributed by atoms with E-state index in [1.54, 1.807) is 0 Å². The van der Waals surface area contributed by atoms with Crippen molar-refractivity contribution in [1.29, 1.82) is 0 Å². The number of nitrogens with zero attached hydrogens (tertiary/aromatic N) is 1. The fourth-order valence-electron chi connectivity index (χ4n) is 4.33. The van der Waals surface area contributed by atoms with Gasteiger partial charge in [-0.25, -0.2) is 0 Å². The van der Waals surface area contributed by atoms with Gasteiger partial charge in [-0.15, -0.1) is 0 Å². The van der Waals surface area contributed by atoms with Gasteiger partial charge < -0.3 is 5.73 Å². The van der Waals surface area contributed by atoms with Gasteiger partial charge in [0.1, 0.15) is 0 Å². The number of fused-ring (bicyclic) bond motifs is 1. The molecule has 3 atom stereocenters. The number of hydrogen-bond acceptors (Lipinski definition) is 2. The summed E-state index contributed by atoms with van der Waals surface area (Å²) in [6.45, 7) is 4.05. The van der Waals surface area contributed by atoms with Gasteiger partial charge >= 0.3 is 0 Å². The van der Waals surface area contributed by atoms with Gasteiger partial charge in [0.25, 0.3) is 0 Å². The van der Waals surface area contributed by atoms with Crippen molar-refractivity contribution in [2.75, 3.05) is 13.1 Å². The lowest BCUT2D eigenvalue weighted by molar-refractivity contribution is 0.0699. The molecule has 1 saturated carbocycles. The predicted octanol–water partition coefficient (Wildman–Crippen LogP) is 3.91. The molecule has 2 N–H and O–H groups in total. The Bertz CT molecular complexity index is 474. The average molecular weight is 293 g/mol. The van der Waals surface area contributed by atoms with Gasteiger partial charge in [-0.05, 0) is 68.3 Å². The van der Waals surface area contributed by atoms with E-state index in [1.165, 1.54) is 49.8 Å². The van der Waals surface area contributed by atoms with Gasteiger partial charge in [-0.3, -0.25) is 4.90 Å². The molecule has 2 nitrogen and oxygen atoms in total. The zero-order chi connectivity index (χ0) is 14.1. The maximum Gasteiger partial charge on any atom is 0.0476 e. The molecule has 1 heterocycles. The Morgan fingerprint density at radius 2 is 2.10 bits per heavy atom. The second-order valence-electron chi connectivity index (χ2n) is 6.39. The number of halogens is 1. The zero-order valence-electron chi connectivity index (χ0n) is 12.3. The lowest BCUT2D eigenvalue weighted by Crippen LogP contribution is -2.46. The van der Waals surface area contributed by atoms with E-state index in [1.807, 2.05) is 6.07 Å². The van der Waals surface area contributed by atoms with Gasteiger partial charge in [0, 0.05) is 23.7 Å². The molecule has 3 unspecified atom stereocenters. The van der Waals surface area contributed by atoms with E-state index in [0.29, 0.717) is 12.6 Å². The Kier molecular flexibility index (Phi) is 4.34. The van der Waals surface area contributed by atoms with Gasteiger partial charge in [-0.1, -0.05) is 24.1 Å². The molecule has 1 saturated heterocycles. The summed E-state index contributed by atoms with van der Waals surface area (Å²) in [6, 6.07) is 7.36. The maximum atomic E-state index is 6.15. The summed E-state index contributed by atoms with van der Waals surface area (Å²) >= 11 is 6.09. The first-order chi connectivity index (χ1) is 9.70.